The number of rotatable bonds is 4. The SMILES string of the molecule is CCN1CCC(CN2C(=O)C(NC)CCCC2(C)C)CC1. The van der Waals surface area contributed by atoms with Gasteiger partial charge in [-0.25, -0.2) is 0 Å². The molecule has 0 spiro atoms. The molecule has 0 aliphatic carbocycles. The van der Waals surface area contributed by atoms with Gasteiger partial charge in [-0.2, -0.15) is 0 Å². The molecule has 0 radical (unpaired) electrons. The maximum absolute atomic E-state index is 12.8. The molecule has 1 unspecified atom stereocenters. The first kappa shape index (κ1) is 16.8. The Balaban J connectivity index is 2.02. The number of nitrogens with zero attached hydrogens (tertiary/aromatic N) is 2. The van der Waals surface area contributed by atoms with Gasteiger partial charge in [0.25, 0.3) is 0 Å². The zero-order valence-corrected chi connectivity index (χ0v) is 14.3. The Morgan fingerprint density at radius 3 is 2.48 bits per heavy atom. The Labute approximate surface area is 130 Å². The maximum atomic E-state index is 12.8. The minimum atomic E-state index is 0.00454. The zero-order chi connectivity index (χ0) is 15.5. The van der Waals surface area contributed by atoms with Gasteiger partial charge in [0.1, 0.15) is 0 Å². The van der Waals surface area contributed by atoms with Gasteiger partial charge in [-0.3, -0.25) is 4.79 Å². The lowest BCUT2D eigenvalue weighted by atomic mass is 9.91. The molecule has 2 saturated heterocycles. The van der Waals surface area contributed by atoms with E-state index in [4.69, 9.17) is 0 Å². The minimum absolute atomic E-state index is 0.00454. The van der Waals surface area contributed by atoms with Crippen molar-refractivity contribution in [2.45, 2.75) is 64.5 Å². The quantitative estimate of drug-likeness (QED) is 0.863. The van der Waals surface area contributed by atoms with Gasteiger partial charge in [-0.15, -0.1) is 0 Å². The van der Waals surface area contributed by atoms with Crippen LogP contribution in [0, 0.1) is 5.92 Å². The van der Waals surface area contributed by atoms with E-state index in [9.17, 15) is 4.79 Å². The van der Waals surface area contributed by atoms with E-state index in [1.165, 1.54) is 25.9 Å². The highest BCUT2D eigenvalue weighted by molar-refractivity contribution is 5.82. The van der Waals surface area contributed by atoms with Gasteiger partial charge in [0, 0.05) is 12.1 Å². The van der Waals surface area contributed by atoms with Crippen molar-refractivity contribution >= 4 is 5.91 Å². The van der Waals surface area contributed by atoms with Gasteiger partial charge in [0.2, 0.25) is 5.91 Å². The van der Waals surface area contributed by atoms with Crippen LogP contribution in [-0.2, 0) is 4.79 Å². The Kier molecular flexibility index (Phi) is 5.67. The van der Waals surface area contributed by atoms with Crippen LogP contribution in [0.15, 0.2) is 0 Å². The number of piperidine rings is 1. The molecule has 0 saturated carbocycles. The van der Waals surface area contributed by atoms with Gasteiger partial charge < -0.3 is 15.1 Å². The Morgan fingerprint density at radius 1 is 1.24 bits per heavy atom. The lowest BCUT2D eigenvalue weighted by molar-refractivity contribution is -0.139. The number of nitrogens with one attached hydrogen (secondary N) is 1. The molecule has 1 atom stereocenters. The van der Waals surface area contributed by atoms with E-state index in [1.54, 1.807) is 0 Å². The predicted molar refractivity (Wildman–Crippen MR) is 87.3 cm³/mol. The normalized spacial score (nSPS) is 28.7. The summed E-state index contributed by atoms with van der Waals surface area (Å²) < 4.78 is 0. The van der Waals surface area contributed by atoms with Crippen molar-refractivity contribution < 1.29 is 4.79 Å². The molecular weight excluding hydrogens is 262 g/mol. The Morgan fingerprint density at radius 2 is 1.90 bits per heavy atom. The molecule has 2 heterocycles. The van der Waals surface area contributed by atoms with E-state index in [1.807, 2.05) is 7.05 Å². The second-order valence-corrected chi connectivity index (χ2v) is 7.37. The third-order valence-corrected chi connectivity index (χ3v) is 5.52. The molecule has 2 rings (SSSR count). The summed E-state index contributed by atoms with van der Waals surface area (Å²) in [5.74, 6) is 0.990. The van der Waals surface area contributed by atoms with Crippen molar-refractivity contribution in [1.29, 1.82) is 0 Å². The third-order valence-electron chi connectivity index (χ3n) is 5.52. The highest BCUT2D eigenvalue weighted by atomic mass is 16.2. The van der Waals surface area contributed by atoms with E-state index in [0.717, 1.165) is 32.4 Å². The number of likely N-dealkylation sites (N-methyl/N-ethyl adjacent to an activating group) is 1. The first-order chi connectivity index (χ1) is 9.97. The molecular formula is C17H33N3O. The number of hydrogen-bond donors (Lipinski definition) is 1. The maximum Gasteiger partial charge on any atom is 0.240 e. The van der Waals surface area contributed by atoms with Crippen molar-refractivity contribution in [3.05, 3.63) is 0 Å². The summed E-state index contributed by atoms with van der Waals surface area (Å²) in [7, 11) is 1.92. The number of carbonyl (C=O) groups is 1. The highest BCUT2D eigenvalue weighted by Gasteiger charge is 2.38. The van der Waals surface area contributed by atoms with Crippen LogP contribution in [0.3, 0.4) is 0 Å². The summed E-state index contributed by atoms with van der Waals surface area (Å²) in [6.07, 6.45) is 5.69. The second kappa shape index (κ2) is 7.10. The van der Waals surface area contributed by atoms with Gasteiger partial charge >= 0.3 is 0 Å². The van der Waals surface area contributed by atoms with Crippen molar-refractivity contribution in [3.8, 4) is 0 Å². The monoisotopic (exact) mass is 295 g/mol. The van der Waals surface area contributed by atoms with Gasteiger partial charge in [-0.1, -0.05) is 6.92 Å². The number of likely N-dealkylation sites (tertiary alicyclic amines) is 2. The molecule has 2 aliphatic rings. The molecule has 1 amide bonds. The average Bonchev–Trinajstić information content (AvgIpc) is 2.58. The minimum Gasteiger partial charge on any atom is -0.336 e. The van der Waals surface area contributed by atoms with Crippen LogP contribution < -0.4 is 5.32 Å². The lowest BCUT2D eigenvalue weighted by Crippen LogP contribution is -2.54. The molecule has 0 aromatic rings. The fourth-order valence-corrected chi connectivity index (χ4v) is 3.83. The van der Waals surface area contributed by atoms with Gasteiger partial charge in [-0.05, 0) is 78.6 Å². The van der Waals surface area contributed by atoms with Crippen molar-refractivity contribution in [2.24, 2.45) is 5.92 Å². The summed E-state index contributed by atoms with van der Waals surface area (Å²) in [6.45, 7) is 11.2. The molecule has 1 N–H and O–H groups in total. The van der Waals surface area contributed by atoms with Crippen LogP contribution in [-0.4, -0.2) is 60.5 Å². The summed E-state index contributed by atoms with van der Waals surface area (Å²) in [5.41, 5.74) is 0.00454. The summed E-state index contributed by atoms with van der Waals surface area (Å²) in [5, 5.41) is 3.22. The molecule has 2 aliphatic heterocycles. The fourth-order valence-electron chi connectivity index (χ4n) is 3.83. The summed E-state index contributed by atoms with van der Waals surface area (Å²) >= 11 is 0. The van der Waals surface area contributed by atoms with Crippen LogP contribution in [0.4, 0.5) is 0 Å². The molecule has 0 bridgehead atoms. The number of carbonyl (C=O) groups excluding carboxylic acids is 1. The molecule has 21 heavy (non-hydrogen) atoms. The van der Waals surface area contributed by atoms with Crippen LogP contribution in [0.25, 0.3) is 0 Å². The van der Waals surface area contributed by atoms with Gasteiger partial charge in [0.05, 0.1) is 6.04 Å². The first-order valence-corrected chi connectivity index (χ1v) is 8.69. The summed E-state index contributed by atoms with van der Waals surface area (Å²) in [6, 6.07) is 0.0162. The smallest absolute Gasteiger partial charge is 0.240 e. The van der Waals surface area contributed by atoms with Crippen molar-refractivity contribution in [2.75, 3.05) is 33.2 Å². The highest BCUT2D eigenvalue weighted by Crippen LogP contribution is 2.30. The largest absolute Gasteiger partial charge is 0.336 e. The van der Waals surface area contributed by atoms with E-state index < -0.39 is 0 Å². The predicted octanol–water partition coefficient (Wildman–Crippen LogP) is 2.10. The zero-order valence-electron chi connectivity index (χ0n) is 14.3. The van der Waals surface area contributed by atoms with Crippen LogP contribution in [0.5, 0.6) is 0 Å². The van der Waals surface area contributed by atoms with Crippen molar-refractivity contribution in [3.63, 3.8) is 0 Å². The van der Waals surface area contributed by atoms with Crippen LogP contribution >= 0.6 is 0 Å². The second-order valence-electron chi connectivity index (χ2n) is 7.37. The number of amides is 1. The fraction of sp³-hybridized carbons (Fsp3) is 0.941. The molecule has 2 fully saturated rings. The number of hydrogen-bond acceptors (Lipinski definition) is 3. The molecule has 4 nitrogen and oxygen atoms in total. The van der Waals surface area contributed by atoms with E-state index >= 15 is 0 Å². The molecule has 0 aromatic carbocycles. The lowest BCUT2D eigenvalue weighted by Gasteiger charge is -2.42. The van der Waals surface area contributed by atoms with E-state index in [2.05, 4.69) is 35.9 Å². The third kappa shape index (κ3) is 3.98. The molecule has 122 valence electrons. The standard InChI is InChI=1S/C17H33N3O/c1-5-19-11-8-14(9-12-19)13-20-16(21)15(18-4)7-6-10-17(20,2)3/h14-15,18H,5-13H2,1-4H3. The van der Waals surface area contributed by atoms with Gasteiger partial charge in [0.15, 0.2) is 0 Å². The average molecular weight is 295 g/mol. The van der Waals surface area contributed by atoms with E-state index in [0.29, 0.717) is 11.8 Å². The van der Waals surface area contributed by atoms with E-state index in [-0.39, 0.29) is 11.6 Å². The van der Waals surface area contributed by atoms with Crippen LogP contribution in [0.1, 0.15) is 52.9 Å². The Bertz CT molecular complexity index is 348. The Hall–Kier alpha value is -0.610. The summed E-state index contributed by atoms with van der Waals surface area (Å²) in [4.78, 5) is 17.5. The molecule has 4 heteroatoms. The topological polar surface area (TPSA) is 35.6 Å². The van der Waals surface area contributed by atoms with Crippen molar-refractivity contribution in [1.82, 2.24) is 15.1 Å². The first-order valence-electron chi connectivity index (χ1n) is 8.69. The van der Waals surface area contributed by atoms with Crippen LogP contribution in [0.2, 0.25) is 0 Å². The molecule has 0 aromatic heterocycles.